The van der Waals surface area contributed by atoms with E-state index in [1.54, 1.807) is 24.3 Å². The lowest BCUT2D eigenvalue weighted by Crippen LogP contribution is -2.51. The Hall–Kier alpha value is -2.97. The quantitative estimate of drug-likeness (QED) is 0.430. The number of fused-ring (bicyclic) bond motifs is 1. The topological polar surface area (TPSA) is 83.8 Å². The van der Waals surface area contributed by atoms with Gasteiger partial charge < -0.3 is 4.90 Å². The number of benzene rings is 3. The highest BCUT2D eigenvalue weighted by molar-refractivity contribution is 7.91. The molecule has 8 heteroatoms. The third-order valence-corrected chi connectivity index (χ3v) is 7.80. The summed E-state index contributed by atoms with van der Waals surface area (Å²) in [6.07, 6.45) is 0. The van der Waals surface area contributed by atoms with Crippen LogP contribution in [0.2, 0.25) is 0 Å². The van der Waals surface area contributed by atoms with E-state index in [4.69, 9.17) is 0 Å². The molecule has 1 fully saturated rings. The van der Waals surface area contributed by atoms with Gasteiger partial charge in [-0.05, 0) is 42.0 Å². The molecule has 3 aromatic carbocycles. The minimum absolute atomic E-state index is 0.0723. The van der Waals surface area contributed by atoms with Crippen molar-refractivity contribution in [2.24, 2.45) is 0 Å². The molecule has 4 rings (SSSR count). The highest BCUT2D eigenvalue weighted by atomic mass is 32.2. The number of sulfone groups is 1. The molecule has 7 nitrogen and oxygen atoms in total. The summed E-state index contributed by atoms with van der Waals surface area (Å²) in [5.74, 6) is 0.0723. The van der Waals surface area contributed by atoms with Gasteiger partial charge in [-0.2, -0.15) is 0 Å². The fourth-order valence-corrected chi connectivity index (χ4v) is 5.71. The first-order valence-corrected chi connectivity index (χ1v) is 11.9. The van der Waals surface area contributed by atoms with E-state index >= 15 is 0 Å². The van der Waals surface area contributed by atoms with Crippen LogP contribution in [0.4, 0.5) is 11.4 Å². The molecule has 1 atom stereocenters. The molecule has 0 aromatic heterocycles. The predicted octanol–water partition coefficient (Wildman–Crippen LogP) is 3.73. The molecule has 0 bridgehead atoms. The van der Waals surface area contributed by atoms with E-state index in [2.05, 4.69) is 9.80 Å². The molecular weight excluding hydrogens is 414 g/mol. The number of hydrogen-bond donors (Lipinski definition) is 0. The smallest absolute Gasteiger partial charge is 0.269 e. The lowest BCUT2D eigenvalue weighted by atomic mass is 10.1. The van der Waals surface area contributed by atoms with Gasteiger partial charge in [0.1, 0.15) is 0 Å². The highest BCUT2D eigenvalue weighted by Crippen LogP contribution is 2.23. The lowest BCUT2D eigenvalue weighted by molar-refractivity contribution is -0.384. The van der Waals surface area contributed by atoms with Crippen LogP contribution in [0.3, 0.4) is 0 Å². The Balaban J connectivity index is 1.38. The molecule has 0 radical (unpaired) electrons. The Bertz CT molecular complexity index is 1190. The highest BCUT2D eigenvalue weighted by Gasteiger charge is 2.26. The zero-order valence-corrected chi connectivity index (χ0v) is 18.2. The van der Waals surface area contributed by atoms with E-state index in [-0.39, 0.29) is 17.5 Å². The summed E-state index contributed by atoms with van der Waals surface area (Å²) in [6, 6.07) is 19.5. The van der Waals surface area contributed by atoms with Crippen molar-refractivity contribution in [1.29, 1.82) is 0 Å². The van der Waals surface area contributed by atoms with Crippen LogP contribution in [0, 0.1) is 10.1 Å². The number of non-ortho nitro benzene ring substituents is 1. The van der Waals surface area contributed by atoms with Gasteiger partial charge in [0.25, 0.3) is 5.69 Å². The fraction of sp³-hybridized carbons (Fsp3) is 0.304. The lowest BCUT2D eigenvalue weighted by Gasteiger charge is -2.39. The SMILES string of the molecule is CC(CS(=O)(=O)c1ccc2ccccc2c1)N1CCN(c2ccc([N+](=O)[O-])cc2)CC1. The molecule has 1 aliphatic heterocycles. The number of nitrogens with zero attached hydrogens (tertiary/aromatic N) is 3. The Morgan fingerprint density at radius 3 is 2.23 bits per heavy atom. The van der Waals surface area contributed by atoms with Gasteiger partial charge in [0.15, 0.2) is 9.84 Å². The van der Waals surface area contributed by atoms with E-state index < -0.39 is 14.8 Å². The van der Waals surface area contributed by atoms with Gasteiger partial charge in [0.2, 0.25) is 0 Å². The molecule has 3 aromatic rings. The molecule has 162 valence electrons. The second kappa shape index (κ2) is 8.64. The molecule has 0 N–H and O–H groups in total. The van der Waals surface area contributed by atoms with Crippen molar-refractivity contribution in [3.8, 4) is 0 Å². The third kappa shape index (κ3) is 4.70. The van der Waals surface area contributed by atoms with E-state index in [9.17, 15) is 18.5 Å². The van der Waals surface area contributed by atoms with Gasteiger partial charge >= 0.3 is 0 Å². The van der Waals surface area contributed by atoms with Crippen molar-refractivity contribution >= 4 is 32.0 Å². The van der Waals surface area contributed by atoms with Crippen LogP contribution in [0.1, 0.15) is 6.92 Å². The summed E-state index contributed by atoms with van der Waals surface area (Å²) >= 11 is 0. The standard InChI is InChI=1S/C23H25N3O4S/c1-18(17-31(29,30)23-11-6-19-4-2-3-5-20(19)16-23)24-12-14-25(15-13-24)21-7-9-22(10-8-21)26(27)28/h2-11,16,18H,12-15,17H2,1H3. The van der Waals surface area contributed by atoms with Gasteiger partial charge in [-0.15, -0.1) is 0 Å². The largest absolute Gasteiger partial charge is 0.369 e. The summed E-state index contributed by atoms with van der Waals surface area (Å²) in [6.45, 7) is 4.94. The molecule has 1 heterocycles. The molecule has 1 aliphatic rings. The zero-order valence-electron chi connectivity index (χ0n) is 17.3. The molecule has 0 aliphatic carbocycles. The second-order valence-corrected chi connectivity index (χ2v) is 9.97. The minimum Gasteiger partial charge on any atom is -0.369 e. The van der Waals surface area contributed by atoms with Crippen molar-refractivity contribution in [2.75, 3.05) is 36.8 Å². The fourth-order valence-electron chi connectivity index (χ4n) is 4.09. The average molecular weight is 440 g/mol. The third-order valence-electron chi connectivity index (χ3n) is 5.90. The first kappa shape index (κ1) is 21.3. The number of hydrogen-bond acceptors (Lipinski definition) is 6. The summed E-state index contributed by atoms with van der Waals surface area (Å²) in [7, 11) is -3.40. The first-order valence-electron chi connectivity index (χ1n) is 10.3. The van der Waals surface area contributed by atoms with Crippen LogP contribution in [0.15, 0.2) is 71.6 Å². The Morgan fingerprint density at radius 2 is 1.58 bits per heavy atom. The van der Waals surface area contributed by atoms with Crippen LogP contribution in [-0.4, -0.2) is 56.2 Å². The Labute approximate surface area is 182 Å². The number of nitro groups is 1. The Morgan fingerprint density at radius 1 is 0.935 bits per heavy atom. The van der Waals surface area contributed by atoms with Crippen LogP contribution in [0.25, 0.3) is 10.8 Å². The number of nitro benzene ring substituents is 1. The maximum absolute atomic E-state index is 13.0. The molecule has 0 saturated carbocycles. The van der Waals surface area contributed by atoms with Crippen molar-refractivity contribution in [3.63, 3.8) is 0 Å². The summed E-state index contributed by atoms with van der Waals surface area (Å²) in [5, 5.41) is 12.8. The summed E-state index contributed by atoms with van der Waals surface area (Å²) in [4.78, 5) is 15.2. The Kier molecular flexibility index (Phi) is 5.93. The number of rotatable bonds is 6. The first-order chi connectivity index (χ1) is 14.8. The number of anilines is 1. The predicted molar refractivity (Wildman–Crippen MR) is 122 cm³/mol. The average Bonchev–Trinajstić information content (AvgIpc) is 2.78. The van der Waals surface area contributed by atoms with Crippen LogP contribution < -0.4 is 4.90 Å². The van der Waals surface area contributed by atoms with Gasteiger partial charge in [-0.1, -0.05) is 30.3 Å². The van der Waals surface area contributed by atoms with Gasteiger partial charge in [0, 0.05) is 50.0 Å². The maximum Gasteiger partial charge on any atom is 0.269 e. The van der Waals surface area contributed by atoms with E-state index in [0.717, 1.165) is 42.6 Å². The van der Waals surface area contributed by atoms with Crippen LogP contribution >= 0.6 is 0 Å². The van der Waals surface area contributed by atoms with Gasteiger partial charge in [-0.3, -0.25) is 15.0 Å². The second-order valence-electron chi connectivity index (χ2n) is 7.94. The molecule has 1 unspecified atom stereocenters. The maximum atomic E-state index is 13.0. The number of piperazine rings is 1. The molecule has 0 spiro atoms. The van der Waals surface area contributed by atoms with E-state index in [1.165, 1.54) is 12.1 Å². The van der Waals surface area contributed by atoms with Crippen molar-refractivity contribution in [1.82, 2.24) is 4.90 Å². The zero-order chi connectivity index (χ0) is 22.0. The van der Waals surface area contributed by atoms with Crippen molar-refractivity contribution in [3.05, 3.63) is 76.8 Å². The summed E-state index contributed by atoms with van der Waals surface area (Å²) in [5.41, 5.74) is 1.02. The monoisotopic (exact) mass is 439 g/mol. The van der Waals surface area contributed by atoms with E-state index in [0.29, 0.717) is 4.90 Å². The molecule has 0 amide bonds. The summed E-state index contributed by atoms with van der Waals surface area (Å²) < 4.78 is 26.0. The molecule has 1 saturated heterocycles. The van der Waals surface area contributed by atoms with Crippen molar-refractivity contribution < 1.29 is 13.3 Å². The van der Waals surface area contributed by atoms with Crippen LogP contribution in [-0.2, 0) is 9.84 Å². The normalized spacial score (nSPS) is 16.4. The van der Waals surface area contributed by atoms with Crippen LogP contribution in [0.5, 0.6) is 0 Å². The van der Waals surface area contributed by atoms with E-state index in [1.807, 2.05) is 37.3 Å². The van der Waals surface area contributed by atoms with Crippen molar-refractivity contribution in [2.45, 2.75) is 17.9 Å². The molecule has 31 heavy (non-hydrogen) atoms. The minimum atomic E-state index is -3.40. The van der Waals surface area contributed by atoms with Gasteiger partial charge in [0.05, 0.1) is 15.6 Å². The molecular formula is C23H25N3O4S. The van der Waals surface area contributed by atoms with Gasteiger partial charge in [-0.25, -0.2) is 8.42 Å².